The Morgan fingerprint density at radius 2 is 1.61 bits per heavy atom. The molecule has 3 rings (SSSR count). The van der Waals surface area contributed by atoms with Gasteiger partial charge in [0.05, 0.1) is 12.2 Å². The van der Waals surface area contributed by atoms with Crippen LogP contribution in [0.5, 0.6) is 0 Å². The molecule has 0 bridgehead atoms. The molecule has 0 atom stereocenters. The van der Waals surface area contributed by atoms with E-state index in [0.717, 1.165) is 12.5 Å². The Labute approximate surface area is 168 Å². The van der Waals surface area contributed by atoms with Gasteiger partial charge in [-0.15, -0.1) is 0 Å². The number of carbonyl (C=O) groups excluding carboxylic acids is 1. The molecule has 0 spiro atoms. The lowest BCUT2D eigenvalue weighted by Crippen LogP contribution is -2.36. The number of carboxylic acids is 1. The molecule has 0 amide bonds. The van der Waals surface area contributed by atoms with Crippen molar-refractivity contribution in [2.24, 2.45) is 0 Å². The molecule has 1 aromatic carbocycles. The molecule has 6 heteroatoms. The number of benzene rings is 1. The zero-order valence-corrected chi connectivity index (χ0v) is 17.2. The summed E-state index contributed by atoms with van der Waals surface area (Å²) in [5, 5.41) is 7.42. The molecule has 1 heterocycles. The van der Waals surface area contributed by atoms with E-state index in [2.05, 4.69) is 16.7 Å². The van der Waals surface area contributed by atoms with Gasteiger partial charge in [0.25, 0.3) is 12.4 Å². The number of nitrogens with zero attached hydrogens (tertiary/aromatic N) is 1. The minimum atomic E-state index is -0.833. The molecule has 0 aromatic heterocycles. The van der Waals surface area contributed by atoms with Gasteiger partial charge in [-0.1, -0.05) is 49.6 Å². The highest BCUT2D eigenvalue weighted by Crippen LogP contribution is 2.24. The third kappa shape index (κ3) is 12.5. The third-order valence-corrected chi connectivity index (χ3v) is 4.76. The standard InChI is InChI=1S/C12H23NO.C8H8O2.C2H4O2/c1-13-9-7-12(8-10-13)14-11-5-3-2-4-6-11;9-7-10-6-8-4-2-1-3-5-8;1-2(3)4/h11-12H,2-10H2,1H3;1-5,7H,6H2;1H3,(H,3,4). The molecule has 0 radical (unpaired) electrons. The van der Waals surface area contributed by atoms with Crippen LogP contribution in [-0.4, -0.2) is 54.8 Å². The van der Waals surface area contributed by atoms with Crippen LogP contribution in [0.2, 0.25) is 0 Å². The van der Waals surface area contributed by atoms with E-state index in [0.29, 0.717) is 25.3 Å². The molecule has 1 saturated heterocycles. The van der Waals surface area contributed by atoms with Crippen LogP contribution in [0.1, 0.15) is 57.4 Å². The van der Waals surface area contributed by atoms with Gasteiger partial charge in [0.2, 0.25) is 0 Å². The Kier molecular flexibility index (Phi) is 13.0. The average Bonchev–Trinajstić information content (AvgIpc) is 2.70. The molecule has 1 saturated carbocycles. The van der Waals surface area contributed by atoms with Gasteiger partial charge in [0.15, 0.2) is 0 Å². The van der Waals surface area contributed by atoms with Gasteiger partial charge in [-0.25, -0.2) is 0 Å². The molecule has 1 aliphatic carbocycles. The number of carboxylic acid groups (broad SMARTS) is 1. The van der Waals surface area contributed by atoms with Crippen LogP contribution in [0.15, 0.2) is 30.3 Å². The summed E-state index contributed by atoms with van der Waals surface area (Å²) in [5.41, 5.74) is 1.01. The normalized spacial score (nSPS) is 18.1. The van der Waals surface area contributed by atoms with Gasteiger partial charge in [-0.3, -0.25) is 9.59 Å². The second kappa shape index (κ2) is 15.1. The number of likely N-dealkylation sites (tertiary alicyclic amines) is 1. The number of carbonyl (C=O) groups is 2. The topological polar surface area (TPSA) is 76.1 Å². The molecule has 2 fully saturated rings. The zero-order valence-electron chi connectivity index (χ0n) is 17.2. The van der Waals surface area contributed by atoms with Gasteiger partial charge < -0.3 is 19.5 Å². The van der Waals surface area contributed by atoms with Gasteiger partial charge in [0.1, 0.15) is 6.61 Å². The van der Waals surface area contributed by atoms with E-state index < -0.39 is 5.97 Å². The van der Waals surface area contributed by atoms with E-state index in [1.165, 1.54) is 58.0 Å². The number of hydrogen-bond acceptors (Lipinski definition) is 5. The molecule has 28 heavy (non-hydrogen) atoms. The first-order valence-corrected chi connectivity index (χ1v) is 10.1. The molecule has 0 unspecified atom stereocenters. The van der Waals surface area contributed by atoms with Gasteiger partial charge in [-0.2, -0.15) is 0 Å². The zero-order chi connectivity index (χ0) is 20.6. The average molecular weight is 394 g/mol. The summed E-state index contributed by atoms with van der Waals surface area (Å²) < 4.78 is 10.7. The monoisotopic (exact) mass is 393 g/mol. The van der Waals surface area contributed by atoms with Crippen molar-refractivity contribution in [3.05, 3.63) is 35.9 Å². The smallest absolute Gasteiger partial charge is 0.300 e. The van der Waals surface area contributed by atoms with Crippen molar-refractivity contribution in [2.75, 3.05) is 20.1 Å². The van der Waals surface area contributed by atoms with Crippen LogP contribution < -0.4 is 0 Å². The quantitative estimate of drug-likeness (QED) is 0.765. The minimum absolute atomic E-state index is 0.365. The van der Waals surface area contributed by atoms with Crippen molar-refractivity contribution in [1.82, 2.24) is 4.90 Å². The van der Waals surface area contributed by atoms with Crippen molar-refractivity contribution in [2.45, 2.75) is 70.7 Å². The molecule has 6 nitrogen and oxygen atoms in total. The maximum atomic E-state index is 9.76. The first-order chi connectivity index (χ1) is 13.5. The second-order valence-electron chi connectivity index (χ2n) is 7.31. The van der Waals surface area contributed by atoms with Crippen molar-refractivity contribution in [1.29, 1.82) is 0 Å². The van der Waals surface area contributed by atoms with Gasteiger partial charge in [0, 0.05) is 20.0 Å². The van der Waals surface area contributed by atoms with Gasteiger partial charge in [-0.05, 0) is 38.3 Å². The summed E-state index contributed by atoms with van der Waals surface area (Å²) in [6, 6.07) is 9.55. The minimum Gasteiger partial charge on any atom is -0.481 e. The highest BCUT2D eigenvalue weighted by atomic mass is 16.5. The van der Waals surface area contributed by atoms with Crippen molar-refractivity contribution >= 4 is 12.4 Å². The van der Waals surface area contributed by atoms with E-state index >= 15 is 0 Å². The summed E-state index contributed by atoms with van der Waals surface area (Å²) in [5.74, 6) is -0.833. The Morgan fingerprint density at radius 1 is 1.07 bits per heavy atom. The van der Waals surface area contributed by atoms with Crippen molar-refractivity contribution in [3.63, 3.8) is 0 Å². The molecule has 1 aliphatic heterocycles. The Morgan fingerprint density at radius 3 is 2.14 bits per heavy atom. The van der Waals surface area contributed by atoms with Crippen LogP contribution in [-0.2, 0) is 25.7 Å². The molecular formula is C22H35NO5. The van der Waals surface area contributed by atoms with E-state index in [9.17, 15) is 4.79 Å². The fraction of sp³-hybridized carbons (Fsp3) is 0.636. The van der Waals surface area contributed by atoms with Crippen LogP contribution in [0, 0.1) is 0 Å². The predicted octanol–water partition coefficient (Wildman–Crippen LogP) is 3.88. The predicted molar refractivity (Wildman–Crippen MR) is 109 cm³/mol. The summed E-state index contributed by atoms with van der Waals surface area (Å²) in [6.07, 6.45) is 10.5. The number of aliphatic carboxylic acids is 1. The molecule has 2 aliphatic rings. The largest absolute Gasteiger partial charge is 0.481 e. The third-order valence-electron chi connectivity index (χ3n) is 4.76. The summed E-state index contributed by atoms with van der Waals surface area (Å²) in [7, 11) is 2.21. The fourth-order valence-electron chi connectivity index (χ4n) is 3.30. The molecule has 1 aromatic rings. The summed E-state index contributed by atoms with van der Waals surface area (Å²) >= 11 is 0. The SMILES string of the molecule is CC(=O)O.CN1CCC(OC2CCCCC2)CC1.O=COCc1ccccc1. The van der Waals surface area contributed by atoms with Gasteiger partial charge >= 0.3 is 0 Å². The lowest BCUT2D eigenvalue weighted by atomic mass is 9.97. The van der Waals surface area contributed by atoms with Crippen LogP contribution in [0.3, 0.4) is 0 Å². The van der Waals surface area contributed by atoms with E-state index in [-0.39, 0.29) is 0 Å². The number of ether oxygens (including phenoxy) is 2. The highest BCUT2D eigenvalue weighted by molar-refractivity contribution is 5.62. The highest BCUT2D eigenvalue weighted by Gasteiger charge is 2.22. The lowest BCUT2D eigenvalue weighted by molar-refractivity contribution is -0.134. The lowest BCUT2D eigenvalue weighted by Gasteiger charge is -2.33. The summed E-state index contributed by atoms with van der Waals surface area (Å²) in [4.78, 5) is 21.2. The first kappa shape index (κ1) is 24.1. The molecular weight excluding hydrogens is 358 g/mol. The van der Waals surface area contributed by atoms with E-state index in [1.54, 1.807) is 0 Å². The van der Waals surface area contributed by atoms with E-state index in [1.807, 2.05) is 30.3 Å². The number of rotatable bonds is 5. The maximum absolute atomic E-state index is 9.76. The second-order valence-corrected chi connectivity index (χ2v) is 7.31. The Hall–Kier alpha value is -1.92. The fourth-order valence-corrected chi connectivity index (χ4v) is 3.30. The molecule has 1 N–H and O–H groups in total. The Bertz CT molecular complexity index is 519. The summed E-state index contributed by atoms with van der Waals surface area (Å²) in [6.45, 7) is 4.34. The number of piperidine rings is 1. The number of hydrogen-bond donors (Lipinski definition) is 1. The Balaban J connectivity index is 0.000000245. The van der Waals surface area contributed by atoms with Crippen LogP contribution >= 0.6 is 0 Å². The molecule has 158 valence electrons. The van der Waals surface area contributed by atoms with Crippen molar-refractivity contribution < 1.29 is 24.2 Å². The van der Waals surface area contributed by atoms with E-state index in [4.69, 9.17) is 14.6 Å². The van der Waals surface area contributed by atoms with Crippen LogP contribution in [0.4, 0.5) is 0 Å². The maximum Gasteiger partial charge on any atom is 0.300 e. The first-order valence-electron chi connectivity index (χ1n) is 10.1. The van der Waals surface area contributed by atoms with Crippen molar-refractivity contribution in [3.8, 4) is 0 Å². The van der Waals surface area contributed by atoms with Crippen LogP contribution in [0.25, 0.3) is 0 Å².